The van der Waals surface area contributed by atoms with Crippen molar-refractivity contribution in [2.45, 2.75) is 12.1 Å². The van der Waals surface area contributed by atoms with Crippen molar-refractivity contribution in [3.8, 4) is 17.2 Å². The van der Waals surface area contributed by atoms with E-state index in [1.54, 1.807) is 14.2 Å². The van der Waals surface area contributed by atoms with Gasteiger partial charge in [0.15, 0.2) is 5.11 Å². The predicted molar refractivity (Wildman–Crippen MR) is 133 cm³/mol. The van der Waals surface area contributed by atoms with Gasteiger partial charge in [0.2, 0.25) is 0 Å². The SMILES string of the molecule is COc1ccc(-n2cccc2[C@H]2[C@H](c3ccccn3)NC(=S)N2c2ccccc2OC)cc1. The van der Waals surface area contributed by atoms with Crippen LogP contribution in [-0.4, -0.2) is 28.9 Å². The summed E-state index contributed by atoms with van der Waals surface area (Å²) < 4.78 is 13.2. The molecule has 1 N–H and O–H groups in total. The van der Waals surface area contributed by atoms with Crippen molar-refractivity contribution in [3.63, 3.8) is 0 Å². The van der Waals surface area contributed by atoms with Crippen LogP contribution in [-0.2, 0) is 0 Å². The normalized spacial score (nSPS) is 17.6. The largest absolute Gasteiger partial charge is 0.497 e. The summed E-state index contributed by atoms with van der Waals surface area (Å²) in [4.78, 5) is 6.77. The van der Waals surface area contributed by atoms with E-state index in [4.69, 9.17) is 21.7 Å². The summed E-state index contributed by atoms with van der Waals surface area (Å²) in [7, 11) is 3.35. The van der Waals surface area contributed by atoms with Gasteiger partial charge in [-0.3, -0.25) is 4.98 Å². The number of thiocarbonyl (C=S) groups is 1. The van der Waals surface area contributed by atoms with E-state index in [0.29, 0.717) is 5.11 Å². The van der Waals surface area contributed by atoms with Gasteiger partial charge in [0, 0.05) is 23.8 Å². The summed E-state index contributed by atoms with van der Waals surface area (Å²) in [5.41, 5.74) is 3.94. The molecule has 6 nitrogen and oxygen atoms in total. The first-order chi connectivity index (χ1) is 16.2. The second-order valence-electron chi connectivity index (χ2n) is 7.67. The molecule has 33 heavy (non-hydrogen) atoms. The Bertz CT molecular complexity index is 1260. The van der Waals surface area contributed by atoms with Crippen molar-refractivity contribution >= 4 is 23.0 Å². The molecule has 7 heteroatoms. The molecule has 1 aliphatic rings. The summed E-state index contributed by atoms with van der Waals surface area (Å²) >= 11 is 5.86. The van der Waals surface area contributed by atoms with E-state index in [0.717, 1.165) is 34.3 Å². The Labute approximate surface area is 198 Å². The molecule has 0 spiro atoms. The van der Waals surface area contributed by atoms with Crippen molar-refractivity contribution in [2.24, 2.45) is 0 Å². The molecule has 2 aromatic carbocycles. The van der Waals surface area contributed by atoms with Gasteiger partial charge >= 0.3 is 0 Å². The minimum absolute atomic E-state index is 0.143. The average Bonchev–Trinajstić information content (AvgIpc) is 3.48. The highest BCUT2D eigenvalue weighted by Crippen LogP contribution is 2.44. The number of hydrogen-bond donors (Lipinski definition) is 1. The van der Waals surface area contributed by atoms with E-state index in [1.165, 1.54) is 0 Å². The number of rotatable bonds is 6. The topological polar surface area (TPSA) is 51.5 Å². The molecule has 1 saturated heterocycles. The average molecular weight is 457 g/mol. The molecule has 0 aliphatic carbocycles. The van der Waals surface area contributed by atoms with Crippen LogP contribution in [0, 0.1) is 0 Å². The molecule has 1 fully saturated rings. The second-order valence-corrected chi connectivity index (χ2v) is 8.06. The predicted octanol–water partition coefficient (Wildman–Crippen LogP) is 5.07. The van der Waals surface area contributed by atoms with Crippen LogP contribution in [0.2, 0.25) is 0 Å². The zero-order valence-corrected chi connectivity index (χ0v) is 19.2. The van der Waals surface area contributed by atoms with Crippen LogP contribution in [0.4, 0.5) is 5.69 Å². The van der Waals surface area contributed by atoms with Crippen LogP contribution in [0.1, 0.15) is 23.5 Å². The molecule has 2 aromatic heterocycles. The lowest BCUT2D eigenvalue weighted by Gasteiger charge is -2.30. The zero-order chi connectivity index (χ0) is 22.8. The third kappa shape index (κ3) is 3.81. The van der Waals surface area contributed by atoms with E-state index >= 15 is 0 Å². The minimum Gasteiger partial charge on any atom is -0.497 e. The van der Waals surface area contributed by atoms with Crippen molar-refractivity contribution in [3.05, 3.63) is 103 Å². The fourth-order valence-electron chi connectivity index (χ4n) is 4.36. The number of hydrogen-bond acceptors (Lipinski definition) is 4. The molecule has 0 saturated carbocycles. The molecule has 0 bridgehead atoms. The quantitative estimate of drug-likeness (QED) is 0.409. The van der Waals surface area contributed by atoms with Gasteiger partial charge in [-0.1, -0.05) is 18.2 Å². The monoisotopic (exact) mass is 456 g/mol. The Morgan fingerprint density at radius 2 is 1.67 bits per heavy atom. The molecule has 3 heterocycles. The fourth-order valence-corrected chi connectivity index (χ4v) is 4.70. The highest BCUT2D eigenvalue weighted by atomic mass is 32.1. The molecule has 4 aromatic rings. The third-order valence-electron chi connectivity index (χ3n) is 5.88. The molecule has 0 radical (unpaired) electrons. The lowest BCUT2D eigenvalue weighted by molar-refractivity contribution is 0.414. The molecular weight excluding hydrogens is 432 g/mol. The number of aromatic nitrogens is 2. The van der Waals surface area contributed by atoms with E-state index in [9.17, 15) is 0 Å². The van der Waals surface area contributed by atoms with Crippen molar-refractivity contribution < 1.29 is 9.47 Å². The van der Waals surface area contributed by atoms with Crippen LogP contribution >= 0.6 is 12.2 Å². The van der Waals surface area contributed by atoms with E-state index in [2.05, 4.69) is 38.1 Å². The highest BCUT2D eigenvalue weighted by molar-refractivity contribution is 7.80. The Kier molecular flexibility index (Phi) is 5.71. The van der Waals surface area contributed by atoms with Crippen molar-refractivity contribution in [2.75, 3.05) is 19.1 Å². The van der Waals surface area contributed by atoms with E-state index in [1.807, 2.05) is 72.9 Å². The molecule has 0 unspecified atom stereocenters. The molecule has 5 rings (SSSR count). The van der Waals surface area contributed by atoms with E-state index in [-0.39, 0.29) is 12.1 Å². The Hall–Kier alpha value is -3.84. The van der Waals surface area contributed by atoms with Crippen LogP contribution in [0.5, 0.6) is 11.5 Å². The molecule has 166 valence electrons. The number of anilines is 1. The number of ether oxygens (including phenoxy) is 2. The number of para-hydroxylation sites is 2. The highest BCUT2D eigenvalue weighted by Gasteiger charge is 2.43. The lowest BCUT2D eigenvalue weighted by atomic mass is 10.0. The number of methoxy groups -OCH3 is 2. The number of pyridine rings is 1. The second kappa shape index (κ2) is 8.96. The van der Waals surface area contributed by atoms with Crippen LogP contribution in [0.15, 0.2) is 91.3 Å². The Balaban J connectivity index is 1.67. The summed E-state index contributed by atoms with van der Waals surface area (Å²) in [6, 6.07) is 25.8. The van der Waals surface area contributed by atoms with Crippen molar-refractivity contribution in [1.29, 1.82) is 0 Å². The van der Waals surface area contributed by atoms with Gasteiger partial charge in [-0.15, -0.1) is 0 Å². The Morgan fingerprint density at radius 1 is 0.879 bits per heavy atom. The maximum absolute atomic E-state index is 5.86. The maximum atomic E-state index is 5.86. The third-order valence-corrected chi connectivity index (χ3v) is 6.19. The summed E-state index contributed by atoms with van der Waals surface area (Å²) in [5.74, 6) is 1.58. The molecule has 1 aliphatic heterocycles. The number of nitrogens with one attached hydrogen (secondary N) is 1. The molecular formula is C26H24N4O2S. The van der Waals surface area contributed by atoms with Gasteiger partial charge < -0.3 is 24.3 Å². The summed E-state index contributed by atoms with van der Waals surface area (Å²) in [6.07, 6.45) is 3.87. The molecule has 2 atom stereocenters. The van der Waals surface area contributed by atoms with Gasteiger partial charge in [-0.05, 0) is 72.9 Å². The van der Waals surface area contributed by atoms with Crippen LogP contribution in [0.25, 0.3) is 5.69 Å². The van der Waals surface area contributed by atoms with Crippen molar-refractivity contribution in [1.82, 2.24) is 14.9 Å². The number of nitrogens with zero attached hydrogens (tertiary/aromatic N) is 3. The van der Waals surface area contributed by atoms with Gasteiger partial charge in [0.25, 0.3) is 0 Å². The smallest absolute Gasteiger partial charge is 0.174 e. The van der Waals surface area contributed by atoms with Gasteiger partial charge in [0.05, 0.1) is 31.6 Å². The molecule has 0 amide bonds. The van der Waals surface area contributed by atoms with Gasteiger partial charge in [0.1, 0.15) is 17.5 Å². The fraction of sp³-hybridized carbons (Fsp3) is 0.154. The van der Waals surface area contributed by atoms with E-state index < -0.39 is 0 Å². The minimum atomic E-state index is -0.152. The number of benzene rings is 2. The lowest BCUT2D eigenvalue weighted by Crippen LogP contribution is -2.30. The van der Waals surface area contributed by atoms with Crippen LogP contribution in [0.3, 0.4) is 0 Å². The zero-order valence-electron chi connectivity index (χ0n) is 18.4. The maximum Gasteiger partial charge on any atom is 0.174 e. The standard InChI is InChI=1S/C26H24N4O2S/c1-31-19-14-12-18(13-15-19)29-17-7-10-22(29)25-24(20-8-5-6-16-27-20)28-26(33)30(25)21-9-3-4-11-23(21)32-2/h3-17,24-25H,1-2H3,(H,28,33)/t24-,25-/m0/s1. The Morgan fingerprint density at radius 3 is 2.39 bits per heavy atom. The first kappa shape index (κ1) is 21.0. The summed E-state index contributed by atoms with van der Waals surface area (Å²) in [6.45, 7) is 0. The first-order valence-corrected chi connectivity index (χ1v) is 11.1. The van der Waals surface area contributed by atoms with Crippen LogP contribution < -0.4 is 19.7 Å². The van der Waals surface area contributed by atoms with Gasteiger partial charge in [-0.25, -0.2) is 0 Å². The summed E-state index contributed by atoms with van der Waals surface area (Å²) in [5, 5.41) is 4.14. The first-order valence-electron chi connectivity index (χ1n) is 10.7. The van der Waals surface area contributed by atoms with Gasteiger partial charge in [-0.2, -0.15) is 0 Å².